The van der Waals surface area contributed by atoms with Crippen molar-refractivity contribution in [2.75, 3.05) is 37.9 Å². The fourth-order valence-electron chi connectivity index (χ4n) is 1.45. The largest absolute Gasteiger partial charge is 0.465 e. The quantitative estimate of drug-likeness (QED) is 0.477. The van der Waals surface area contributed by atoms with Crippen molar-refractivity contribution in [2.45, 2.75) is 6.18 Å². The predicted molar refractivity (Wildman–Crippen MR) is 67.6 cm³/mol. The first-order chi connectivity index (χ1) is 9.35. The summed E-state index contributed by atoms with van der Waals surface area (Å²) in [5, 5.41) is 2.79. The Bertz CT molecular complexity index is 464. The number of halogens is 3. The summed E-state index contributed by atoms with van der Waals surface area (Å²) in [6.45, 7) is -1.31. The van der Waals surface area contributed by atoms with Crippen LogP contribution in [0.3, 0.4) is 0 Å². The molecule has 0 aliphatic heterocycles. The van der Waals surface area contributed by atoms with E-state index in [1.165, 1.54) is 13.2 Å². The molecular formula is C12H15F3N2O3. The SMILES string of the molecule is COC(=O)c1cccc(NCCOCC(F)(F)F)c1N. The van der Waals surface area contributed by atoms with Gasteiger partial charge in [0.25, 0.3) is 0 Å². The molecule has 1 aromatic carbocycles. The second-order valence-electron chi connectivity index (χ2n) is 3.85. The van der Waals surface area contributed by atoms with Gasteiger partial charge in [0, 0.05) is 6.54 Å². The molecule has 1 rings (SSSR count). The van der Waals surface area contributed by atoms with Crippen LogP contribution >= 0.6 is 0 Å². The zero-order valence-electron chi connectivity index (χ0n) is 10.8. The first-order valence-corrected chi connectivity index (χ1v) is 5.70. The van der Waals surface area contributed by atoms with Gasteiger partial charge in [0.05, 0.1) is 30.7 Å². The number of para-hydroxylation sites is 1. The lowest BCUT2D eigenvalue weighted by atomic mass is 10.1. The number of alkyl halides is 3. The summed E-state index contributed by atoms with van der Waals surface area (Å²) in [6.07, 6.45) is -4.34. The minimum absolute atomic E-state index is 0.130. The van der Waals surface area contributed by atoms with Crippen molar-refractivity contribution in [3.63, 3.8) is 0 Å². The molecule has 0 amide bonds. The zero-order valence-corrected chi connectivity index (χ0v) is 10.8. The maximum absolute atomic E-state index is 11.8. The van der Waals surface area contributed by atoms with Gasteiger partial charge in [0.2, 0.25) is 0 Å². The number of carbonyl (C=O) groups excluding carboxylic acids is 1. The number of hydrogen-bond donors (Lipinski definition) is 2. The number of nitrogen functional groups attached to an aromatic ring is 1. The number of carbonyl (C=O) groups is 1. The van der Waals surface area contributed by atoms with Crippen LogP contribution in [0.15, 0.2) is 18.2 Å². The number of nitrogens with two attached hydrogens (primary N) is 1. The minimum Gasteiger partial charge on any atom is -0.465 e. The molecule has 1 aromatic rings. The van der Waals surface area contributed by atoms with Crippen molar-refractivity contribution in [2.24, 2.45) is 0 Å². The number of methoxy groups -OCH3 is 1. The molecule has 0 aromatic heterocycles. The molecule has 0 unspecified atom stereocenters. The van der Waals surface area contributed by atoms with Crippen LogP contribution in [0.4, 0.5) is 24.5 Å². The summed E-state index contributed by atoms with van der Waals surface area (Å²) in [6, 6.07) is 4.68. The van der Waals surface area contributed by atoms with Crippen molar-refractivity contribution >= 4 is 17.3 Å². The van der Waals surface area contributed by atoms with E-state index in [9.17, 15) is 18.0 Å². The van der Waals surface area contributed by atoms with Crippen LogP contribution < -0.4 is 11.1 Å². The summed E-state index contributed by atoms with van der Waals surface area (Å²) < 4.78 is 44.5. The lowest BCUT2D eigenvalue weighted by molar-refractivity contribution is -0.172. The number of esters is 1. The monoisotopic (exact) mass is 292 g/mol. The smallest absolute Gasteiger partial charge is 0.411 e. The molecule has 0 radical (unpaired) electrons. The van der Waals surface area contributed by atoms with Crippen molar-refractivity contribution < 1.29 is 27.4 Å². The Balaban J connectivity index is 2.51. The highest BCUT2D eigenvalue weighted by atomic mass is 19.4. The Hall–Kier alpha value is -1.96. The van der Waals surface area contributed by atoms with Crippen LogP contribution in [-0.2, 0) is 9.47 Å². The van der Waals surface area contributed by atoms with E-state index in [1.54, 1.807) is 12.1 Å². The highest BCUT2D eigenvalue weighted by Crippen LogP contribution is 2.23. The van der Waals surface area contributed by atoms with Gasteiger partial charge in [0.1, 0.15) is 6.61 Å². The number of ether oxygens (including phenoxy) is 2. The maximum Gasteiger partial charge on any atom is 0.411 e. The van der Waals surface area contributed by atoms with Gasteiger partial charge in [-0.1, -0.05) is 6.07 Å². The molecule has 20 heavy (non-hydrogen) atoms. The normalized spacial score (nSPS) is 11.2. The summed E-state index contributed by atoms with van der Waals surface area (Å²) in [7, 11) is 1.23. The van der Waals surface area contributed by atoms with Crippen LogP contribution in [0, 0.1) is 0 Å². The Kier molecular flexibility index (Phi) is 5.63. The number of rotatable bonds is 6. The van der Waals surface area contributed by atoms with Crippen LogP contribution in [-0.4, -0.2) is 39.0 Å². The Morgan fingerprint density at radius 2 is 2.10 bits per heavy atom. The number of hydrogen-bond acceptors (Lipinski definition) is 5. The Morgan fingerprint density at radius 3 is 2.70 bits per heavy atom. The first kappa shape index (κ1) is 16.1. The molecule has 0 aliphatic carbocycles. The molecule has 5 nitrogen and oxygen atoms in total. The van der Waals surface area contributed by atoms with Crippen LogP contribution in [0.2, 0.25) is 0 Å². The highest BCUT2D eigenvalue weighted by Gasteiger charge is 2.27. The van der Waals surface area contributed by atoms with Crippen molar-refractivity contribution in [1.82, 2.24) is 0 Å². The minimum atomic E-state index is -4.34. The van der Waals surface area contributed by atoms with Crippen LogP contribution in [0.5, 0.6) is 0 Å². The molecule has 0 saturated carbocycles. The van der Waals surface area contributed by atoms with Crippen molar-refractivity contribution in [3.8, 4) is 0 Å². The molecular weight excluding hydrogens is 277 g/mol. The van der Waals surface area contributed by atoms with Gasteiger partial charge in [-0.15, -0.1) is 0 Å². The topological polar surface area (TPSA) is 73.6 Å². The molecule has 0 aliphatic rings. The van der Waals surface area contributed by atoms with E-state index in [2.05, 4.69) is 14.8 Å². The van der Waals surface area contributed by atoms with E-state index in [4.69, 9.17) is 5.73 Å². The van der Waals surface area contributed by atoms with Gasteiger partial charge in [-0.25, -0.2) is 4.79 Å². The standard InChI is InChI=1S/C12H15F3N2O3/c1-19-11(18)8-3-2-4-9(10(8)16)17-5-6-20-7-12(13,14)15/h2-4,17H,5-7,16H2,1H3. The summed E-state index contributed by atoms with van der Waals surface area (Å²) >= 11 is 0. The van der Waals surface area contributed by atoms with Crippen LogP contribution in [0.1, 0.15) is 10.4 Å². The molecule has 0 fully saturated rings. The van der Waals surface area contributed by atoms with Gasteiger partial charge >= 0.3 is 12.1 Å². The number of anilines is 2. The fourth-order valence-corrected chi connectivity index (χ4v) is 1.45. The second-order valence-corrected chi connectivity index (χ2v) is 3.85. The first-order valence-electron chi connectivity index (χ1n) is 5.70. The van der Waals surface area contributed by atoms with Gasteiger partial charge in [-0.3, -0.25) is 0 Å². The molecule has 0 saturated heterocycles. The lowest BCUT2D eigenvalue weighted by Gasteiger charge is -2.12. The van der Waals surface area contributed by atoms with Gasteiger partial charge in [-0.2, -0.15) is 13.2 Å². The maximum atomic E-state index is 11.8. The van der Waals surface area contributed by atoms with Crippen molar-refractivity contribution in [1.29, 1.82) is 0 Å². The van der Waals surface area contributed by atoms with E-state index >= 15 is 0 Å². The van der Waals surface area contributed by atoms with E-state index in [1.807, 2.05) is 0 Å². The predicted octanol–water partition coefficient (Wildman–Crippen LogP) is 2.05. The Morgan fingerprint density at radius 1 is 1.40 bits per heavy atom. The number of nitrogens with one attached hydrogen (secondary N) is 1. The third-order valence-corrected chi connectivity index (χ3v) is 2.34. The summed E-state index contributed by atoms with van der Waals surface area (Å²) in [5.74, 6) is -0.584. The second kappa shape index (κ2) is 6.99. The van der Waals surface area contributed by atoms with Crippen LogP contribution in [0.25, 0.3) is 0 Å². The zero-order chi connectivity index (χ0) is 15.2. The number of benzene rings is 1. The molecule has 8 heteroatoms. The third kappa shape index (κ3) is 4.96. The molecule has 0 spiro atoms. The third-order valence-electron chi connectivity index (χ3n) is 2.34. The van der Waals surface area contributed by atoms with E-state index in [0.29, 0.717) is 5.69 Å². The molecule has 0 atom stereocenters. The molecule has 0 heterocycles. The summed E-state index contributed by atoms with van der Waals surface area (Å²) in [4.78, 5) is 11.4. The lowest BCUT2D eigenvalue weighted by Crippen LogP contribution is -2.20. The van der Waals surface area contributed by atoms with Gasteiger partial charge < -0.3 is 20.5 Å². The average Bonchev–Trinajstić information content (AvgIpc) is 2.38. The van der Waals surface area contributed by atoms with E-state index in [0.717, 1.165) is 0 Å². The van der Waals surface area contributed by atoms with Gasteiger partial charge in [0.15, 0.2) is 0 Å². The molecule has 112 valence electrons. The fraction of sp³-hybridized carbons (Fsp3) is 0.417. The van der Waals surface area contributed by atoms with Crippen molar-refractivity contribution in [3.05, 3.63) is 23.8 Å². The molecule has 0 bridgehead atoms. The van der Waals surface area contributed by atoms with E-state index < -0.39 is 18.8 Å². The summed E-state index contributed by atoms with van der Waals surface area (Å²) in [5.41, 5.74) is 6.56. The average molecular weight is 292 g/mol. The Labute approximate surface area is 113 Å². The highest BCUT2D eigenvalue weighted by molar-refractivity contribution is 5.98. The van der Waals surface area contributed by atoms with E-state index in [-0.39, 0.29) is 24.4 Å². The van der Waals surface area contributed by atoms with Gasteiger partial charge in [-0.05, 0) is 12.1 Å². The molecule has 3 N–H and O–H groups in total.